The lowest BCUT2D eigenvalue weighted by Gasteiger charge is -2.22. The fourth-order valence-corrected chi connectivity index (χ4v) is 2.64. The molecule has 0 aliphatic carbocycles. The molecular weight excluding hydrogens is 296 g/mol. The predicted molar refractivity (Wildman–Crippen MR) is 90.3 cm³/mol. The van der Waals surface area contributed by atoms with Crippen molar-refractivity contribution >= 4 is 17.2 Å². The van der Waals surface area contributed by atoms with Crippen molar-refractivity contribution in [3.05, 3.63) is 76.3 Å². The highest BCUT2D eigenvalue weighted by molar-refractivity contribution is 6.30. The first-order valence-corrected chi connectivity index (χ1v) is 7.84. The summed E-state index contributed by atoms with van der Waals surface area (Å²) in [5.74, 6) is 0. The molecule has 0 bridgehead atoms. The van der Waals surface area contributed by atoms with E-state index in [0.717, 1.165) is 16.2 Å². The molecule has 0 saturated carbocycles. The molecule has 1 aliphatic heterocycles. The van der Waals surface area contributed by atoms with Crippen LogP contribution in [0.1, 0.15) is 16.7 Å². The van der Waals surface area contributed by atoms with Gasteiger partial charge in [-0.3, -0.25) is 0 Å². The monoisotopic (exact) mass is 314 g/mol. The SMILES string of the molecule is Cc1ccc(/C(=C\C2COCCO2)c2ccc(Cl)cc2)cc1. The molecule has 0 radical (unpaired) electrons. The van der Waals surface area contributed by atoms with Crippen LogP contribution in [0.5, 0.6) is 0 Å². The van der Waals surface area contributed by atoms with Crippen molar-refractivity contribution in [3.8, 4) is 0 Å². The summed E-state index contributed by atoms with van der Waals surface area (Å²) in [5, 5.41) is 0.740. The Kier molecular flexibility index (Phi) is 4.94. The second-order valence-corrected chi connectivity index (χ2v) is 5.87. The summed E-state index contributed by atoms with van der Waals surface area (Å²) in [6.07, 6.45) is 2.13. The fraction of sp³-hybridized carbons (Fsp3) is 0.263. The highest BCUT2D eigenvalue weighted by atomic mass is 35.5. The van der Waals surface area contributed by atoms with Gasteiger partial charge >= 0.3 is 0 Å². The van der Waals surface area contributed by atoms with Crippen molar-refractivity contribution in [3.63, 3.8) is 0 Å². The Morgan fingerprint density at radius 3 is 2.23 bits per heavy atom. The largest absolute Gasteiger partial charge is 0.376 e. The third kappa shape index (κ3) is 3.77. The molecule has 1 aliphatic rings. The number of hydrogen-bond acceptors (Lipinski definition) is 2. The van der Waals surface area contributed by atoms with Crippen molar-refractivity contribution in [1.82, 2.24) is 0 Å². The van der Waals surface area contributed by atoms with E-state index >= 15 is 0 Å². The summed E-state index contributed by atoms with van der Waals surface area (Å²) in [6, 6.07) is 16.4. The molecule has 114 valence electrons. The molecule has 1 saturated heterocycles. The van der Waals surface area contributed by atoms with E-state index < -0.39 is 0 Å². The minimum atomic E-state index is -0.0132. The maximum absolute atomic E-state index is 6.01. The van der Waals surface area contributed by atoms with Crippen LogP contribution >= 0.6 is 11.6 Å². The van der Waals surface area contributed by atoms with Gasteiger partial charge in [-0.25, -0.2) is 0 Å². The van der Waals surface area contributed by atoms with Gasteiger partial charge in [0.15, 0.2) is 0 Å². The Morgan fingerprint density at radius 2 is 1.64 bits per heavy atom. The lowest BCUT2D eigenvalue weighted by molar-refractivity contribution is -0.0673. The molecule has 2 nitrogen and oxygen atoms in total. The quantitative estimate of drug-likeness (QED) is 0.830. The zero-order valence-electron chi connectivity index (χ0n) is 12.6. The summed E-state index contributed by atoms with van der Waals surface area (Å²) in [4.78, 5) is 0. The molecule has 1 unspecified atom stereocenters. The van der Waals surface area contributed by atoms with Gasteiger partial charge in [-0.1, -0.05) is 53.6 Å². The van der Waals surface area contributed by atoms with Crippen molar-refractivity contribution in [1.29, 1.82) is 0 Å². The van der Waals surface area contributed by atoms with Gasteiger partial charge in [0.05, 0.1) is 25.9 Å². The van der Waals surface area contributed by atoms with E-state index in [9.17, 15) is 0 Å². The Morgan fingerprint density at radius 1 is 1.00 bits per heavy atom. The van der Waals surface area contributed by atoms with Crippen LogP contribution < -0.4 is 0 Å². The Bertz CT molecular complexity index is 591. The van der Waals surface area contributed by atoms with Crippen molar-refractivity contribution < 1.29 is 9.47 Å². The smallest absolute Gasteiger partial charge is 0.0999 e. The first-order valence-electron chi connectivity index (χ1n) is 7.46. The summed E-state index contributed by atoms with van der Waals surface area (Å²) in [7, 11) is 0. The molecule has 1 heterocycles. The minimum Gasteiger partial charge on any atom is -0.376 e. The molecule has 0 aromatic heterocycles. The molecular formula is C19H19ClO2. The number of aryl methyl sites for hydroxylation is 1. The predicted octanol–water partition coefficient (Wildman–Crippen LogP) is 4.50. The summed E-state index contributed by atoms with van der Waals surface area (Å²) in [5.41, 5.74) is 4.69. The lowest BCUT2D eigenvalue weighted by Crippen LogP contribution is -2.27. The molecule has 3 rings (SSSR count). The molecule has 22 heavy (non-hydrogen) atoms. The molecule has 3 heteroatoms. The van der Waals surface area contributed by atoms with E-state index in [0.29, 0.717) is 19.8 Å². The topological polar surface area (TPSA) is 18.5 Å². The number of hydrogen-bond donors (Lipinski definition) is 0. The standard InChI is InChI=1S/C19H19ClO2/c1-14-2-4-15(5-3-14)19(12-18-13-21-10-11-22-18)16-6-8-17(20)9-7-16/h2-9,12,18H,10-11,13H2,1H3/b19-12+. The van der Waals surface area contributed by atoms with Crippen LogP contribution in [-0.2, 0) is 9.47 Å². The number of benzene rings is 2. The highest BCUT2D eigenvalue weighted by Crippen LogP contribution is 2.26. The molecule has 0 N–H and O–H groups in total. The molecule has 2 aromatic rings. The van der Waals surface area contributed by atoms with E-state index in [1.165, 1.54) is 11.1 Å². The molecule has 1 atom stereocenters. The Labute approximate surface area is 136 Å². The van der Waals surface area contributed by atoms with Gasteiger partial charge in [0.1, 0.15) is 0 Å². The first kappa shape index (κ1) is 15.3. The van der Waals surface area contributed by atoms with E-state index in [2.05, 4.69) is 37.3 Å². The summed E-state index contributed by atoms with van der Waals surface area (Å²) >= 11 is 6.01. The number of ether oxygens (including phenoxy) is 2. The van der Waals surface area contributed by atoms with E-state index in [1.54, 1.807) is 0 Å². The van der Waals surface area contributed by atoms with Gasteiger partial charge < -0.3 is 9.47 Å². The number of halogens is 1. The second-order valence-electron chi connectivity index (χ2n) is 5.44. The number of rotatable bonds is 3. The lowest BCUT2D eigenvalue weighted by atomic mass is 9.95. The van der Waals surface area contributed by atoms with Gasteiger partial charge in [-0.2, -0.15) is 0 Å². The van der Waals surface area contributed by atoms with E-state index in [-0.39, 0.29) is 6.10 Å². The third-order valence-electron chi connectivity index (χ3n) is 3.71. The third-order valence-corrected chi connectivity index (χ3v) is 3.96. The van der Waals surface area contributed by atoms with Gasteiger partial charge in [0.2, 0.25) is 0 Å². The van der Waals surface area contributed by atoms with E-state index in [4.69, 9.17) is 21.1 Å². The van der Waals surface area contributed by atoms with Gasteiger partial charge in [0.25, 0.3) is 0 Å². The Hall–Kier alpha value is -1.61. The van der Waals surface area contributed by atoms with Crippen LogP contribution in [0, 0.1) is 6.92 Å². The first-order chi connectivity index (χ1) is 10.7. The molecule has 1 fully saturated rings. The maximum atomic E-state index is 6.01. The van der Waals surface area contributed by atoms with Crippen molar-refractivity contribution in [2.24, 2.45) is 0 Å². The van der Waals surface area contributed by atoms with Crippen LogP contribution in [0.25, 0.3) is 5.57 Å². The molecule has 0 spiro atoms. The zero-order valence-corrected chi connectivity index (χ0v) is 13.3. The van der Waals surface area contributed by atoms with Crippen LogP contribution in [-0.4, -0.2) is 25.9 Å². The summed E-state index contributed by atoms with van der Waals surface area (Å²) in [6.45, 7) is 4.00. The Balaban J connectivity index is 1.99. The minimum absolute atomic E-state index is 0.0132. The average Bonchev–Trinajstić information content (AvgIpc) is 2.56. The van der Waals surface area contributed by atoms with Crippen LogP contribution in [0.3, 0.4) is 0 Å². The van der Waals surface area contributed by atoms with Crippen LogP contribution in [0.4, 0.5) is 0 Å². The van der Waals surface area contributed by atoms with Crippen LogP contribution in [0.2, 0.25) is 5.02 Å². The summed E-state index contributed by atoms with van der Waals surface area (Å²) < 4.78 is 11.3. The van der Waals surface area contributed by atoms with Crippen molar-refractivity contribution in [2.75, 3.05) is 19.8 Å². The molecule has 2 aromatic carbocycles. The fourth-order valence-electron chi connectivity index (χ4n) is 2.51. The second kappa shape index (κ2) is 7.10. The maximum Gasteiger partial charge on any atom is 0.0999 e. The molecule has 0 amide bonds. The van der Waals surface area contributed by atoms with Crippen molar-refractivity contribution in [2.45, 2.75) is 13.0 Å². The highest BCUT2D eigenvalue weighted by Gasteiger charge is 2.14. The van der Waals surface area contributed by atoms with Gasteiger partial charge in [-0.15, -0.1) is 0 Å². The van der Waals surface area contributed by atoms with Gasteiger partial charge in [-0.05, 0) is 41.8 Å². The average molecular weight is 315 g/mol. The van der Waals surface area contributed by atoms with Crippen LogP contribution in [0.15, 0.2) is 54.6 Å². The van der Waals surface area contributed by atoms with Gasteiger partial charge in [0, 0.05) is 5.02 Å². The van der Waals surface area contributed by atoms with E-state index in [1.807, 2.05) is 24.3 Å². The zero-order chi connectivity index (χ0) is 15.4. The normalized spacial score (nSPS) is 19.2.